The van der Waals surface area contributed by atoms with Crippen molar-refractivity contribution in [3.05, 3.63) is 0 Å². The van der Waals surface area contributed by atoms with E-state index in [1.54, 1.807) is 0 Å². The Balaban J connectivity index is 1.92. The fraction of sp³-hybridized carbons (Fsp3) is 1.00. The van der Waals surface area contributed by atoms with E-state index in [1.165, 1.54) is 32.4 Å². The van der Waals surface area contributed by atoms with Crippen LogP contribution in [-0.4, -0.2) is 36.6 Å². The van der Waals surface area contributed by atoms with E-state index in [0.717, 1.165) is 30.5 Å². The second kappa shape index (κ2) is 5.50. The first-order valence-corrected chi connectivity index (χ1v) is 7.97. The molecule has 1 aliphatic carbocycles. The zero-order chi connectivity index (χ0) is 13.3. The predicted molar refractivity (Wildman–Crippen MR) is 78.8 cm³/mol. The van der Waals surface area contributed by atoms with Gasteiger partial charge in [0.05, 0.1) is 0 Å². The van der Waals surface area contributed by atoms with Crippen molar-refractivity contribution < 1.29 is 0 Å². The van der Waals surface area contributed by atoms with Crippen molar-refractivity contribution in [1.82, 2.24) is 10.2 Å². The zero-order valence-electron chi connectivity index (χ0n) is 13.0. The lowest BCUT2D eigenvalue weighted by Crippen LogP contribution is -2.54. The minimum absolute atomic E-state index is 0.666. The van der Waals surface area contributed by atoms with Gasteiger partial charge in [-0.3, -0.25) is 4.90 Å². The Morgan fingerprint density at radius 3 is 2.44 bits per heavy atom. The summed E-state index contributed by atoms with van der Waals surface area (Å²) in [6.45, 7) is 15.6. The Hall–Kier alpha value is -0.0800. The quantitative estimate of drug-likeness (QED) is 0.809. The molecule has 106 valence electrons. The summed E-state index contributed by atoms with van der Waals surface area (Å²) in [4.78, 5) is 2.77. The van der Waals surface area contributed by atoms with Crippen LogP contribution in [-0.2, 0) is 0 Å². The minimum atomic E-state index is 0.666. The van der Waals surface area contributed by atoms with Gasteiger partial charge in [0.1, 0.15) is 0 Å². The van der Waals surface area contributed by atoms with E-state index in [1.807, 2.05) is 0 Å². The van der Waals surface area contributed by atoms with Crippen LogP contribution in [0.25, 0.3) is 0 Å². The molecule has 1 N–H and O–H groups in total. The molecule has 0 aromatic heterocycles. The SMILES string of the molecule is CCNC1CCN(CC2(C(C)C)CC2)C(C)C1C. The van der Waals surface area contributed by atoms with Crippen LogP contribution in [0.15, 0.2) is 0 Å². The van der Waals surface area contributed by atoms with Gasteiger partial charge in [0.25, 0.3) is 0 Å². The van der Waals surface area contributed by atoms with Crippen molar-refractivity contribution in [2.24, 2.45) is 17.3 Å². The first kappa shape index (κ1) is 14.3. The van der Waals surface area contributed by atoms with Crippen LogP contribution in [0.1, 0.15) is 53.9 Å². The maximum Gasteiger partial charge on any atom is 0.0120 e. The summed E-state index contributed by atoms with van der Waals surface area (Å²) in [5.74, 6) is 1.63. The average Bonchev–Trinajstić information content (AvgIpc) is 3.10. The van der Waals surface area contributed by atoms with E-state index in [4.69, 9.17) is 0 Å². The third-order valence-corrected chi connectivity index (χ3v) is 5.80. The second-order valence-corrected chi connectivity index (χ2v) is 7.04. The van der Waals surface area contributed by atoms with Gasteiger partial charge in [-0.1, -0.05) is 27.7 Å². The summed E-state index contributed by atoms with van der Waals surface area (Å²) >= 11 is 0. The molecule has 2 rings (SSSR count). The largest absolute Gasteiger partial charge is 0.314 e. The predicted octanol–water partition coefficient (Wildman–Crippen LogP) is 3.13. The second-order valence-electron chi connectivity index (χ2n) is 7.04. The summed E-state index contributed by atoms with van der Waals surface area (Å²) in [5, 5.41) is 3.66. The molecule has 0 bridgehead atoms. The topological polar surface area (TPSA) is 15.3 Å². The van der Waals surface area contributed by atoms with Crippen molar-refractivity contribution in [3.8, 4) is 0 Å². The van der Waals surface area contributed by atoms with Crippen LogP contribution in [0.2, 0.25) is 0 Å². The molecular formula is C16H32N2. The van der Waals surface area contributed by atoms with Crippen LogP contribution in [0.5, 0.6) is 0 Å². The highest BCUT2D eigenvalue weighted by Gasteiger charge is 2.47. The molecule has 2 heteroatoms. The monoisotopic (exact) mass is 252 g/mol. The molecule has 0 radical (unpaired) electrons. The fourth-order valence-electron chi connectivity index (χ4n) is 3.70. The molecule has 1 aliphatic heterocycles. The number of nitrogens with one attached hydrogen (secondary N) is 1. The molecule has 0 aromatic rings. The lowest BCUT2D eigenvalue weighted by Gasteiger charge is -2.45. The Morgan fingerprint density at radius 2 is 1.94 bits per heavy atom. The lowest BCUT2D eigenvalue weighted by atomic mass is 9.84. The highest BCUT2D eigenvalue weighted by molar-refractivity contribution is 5.00. The summed E-state index contributed by atoms with van der Waals surface area (Å²) in [6.07, 6.45) is 4.24. The molecule has 2 aliphatic rings. The average molecular weight is 252 g/mol. The lowest BCUT2D eigenvalue weighted by molar-refractivity contribution is 0.0572. The Kier molecular flexibility index (Phi) is 4.38. The number of hydrogen-bond donors (Lipinski definition) is 1. The number of piperidine rings is 1. The fourth-order valence-corrected chi connectivity index (χ4v) is 3.70. The van der Waals surface area contributed by atoms with Gasteiger partial charge >= 0.3 is 0 Å². The first-order chi connectivity index (χ1) is 8.50. The minimum Gasteiger partial charge on any atom is -0.314 e. The summed E-state index contributed by atoms with van der Waals surface area (Å²) in [5.41, 5.74) is 0.666. The molecule has 2 nitrogen and oxygen atoms in total. The van der Waals surface area contributed by atoms with Crippen molar-refractivity contribution in [2.75, 3.05) is 19.6 Å². The van der Waals surface area contributed by atoms with Crippen LogP contribution in [0.3, 0.4) is 0 Å². The Bertz CT molecular complexity index is 270. The highest BCUT2D eigenvalue weighted by Crippen LogP contribution is 2.52. The van der Waals surface area contributed by atoms with Crippen LogP contribution in [0.4, 0.5) is 0 Å². The van der Waals surface area contributed by atoms with Gasteiger partial charge < -0.3 is 5.32 Å². The Morgan fingerprint density at radius 1 is 1.28 bits per heavy atom. The molecule has 1 saturated carbocycles. The van der Waals surface area contributed by atoms with Crippen LogP contribution >= 0.6 is 0 Å². The van der Waals surface area contributed by atoms with Crippen molar-refractivity contribution in [1.29, 1.82) is 0 Å². The maximum absolute atomic E-state index is 3.66. The third kappa shape index (κ3) is 2.75. The smallest absolute Gasteiger partial charge is 0.0120 e. The van der Waals surface area contributed by atoms with Gasteiger partial charge in [-0.25, -0.2) is 0 Å². The molecule has 0 aromatic carbocycles. The molecule has 1 saturated heterocycles. The molecular weight excluding hydrogens is 220 g/mol. The summed E-state index contributed by atoms with van der Waals surface area (Å²) in [7, 11) is 0. The highest BCUT2D eigenvalue weighted by atomic mass is 15.2. The van der Waals surface area contributed by atoms with Crippen LogP contribution in [0, 0.1) is 17.3 Å². The van der Waals surface area contributed by atoms with Crippen molar-refractivity contribution in [2.45, 2.75) is 66.0 Å². The molecule has 2 fully saturated rings. The summed E-state index contributed by atoms with van der Waals surface area (Å²) < 4.78 is 0. The van der Waals surface area contributed by atoms with E-state index in [-0.39, 0.29) is 0 Å². The van der Waals surface area contributed by atoms with Crippen LogP contribution < -0.4 is 5.32 Å². The zero-order valence-corrected chi connectivity index (χ0v) is 13.0. The normalized spacial score (nSPS) is 36.0. The van der Waals surface area contributed by atoms with E-state index in [0.29, 0.717) is 5.41 Å². The van der Waals surface area contributed by atoms with E-state index < -0.39 is 0 Å². The molecule has 18 heavy (non-hydrogen) atoms. The standard InChI is InChI=1S/C16H32N2/c1-6-17-15-7-10-18(14(5)13(15)4)11-16(8-9-16)12(2)3/h12-15,17H,6-11H2,1-5H3. The van der Waals surface area contributed by atoms with Crippen molar-refractivity contribution >= 4 is 0 Å². The summed E-state index contributed by atoms with van der Waals surface area (Å²) in [6, 6.07) is 1.47. The van der Waals surface area contributed by atoms with Gasteiger partial charge in [0.2, 0.25) is 0 Å². The first-order valence-electron chi connectivity index (χ1n) is 7.97. The number of nitrogens with zero attached hydrogens (tertiary/aromatic N) is 1. The van der Waals surface area contributed by atoms with Gasteiger partial charge in [-0.15, -0.1) is 0 Å². The molecule has 0 amide bonds. The molecule has 1 heterocycles. The van der Waals surface area contributed by atoms with E-state index in [2.05, 4.69) is 44.8 Å². The van der Waals surface area contributed by atoms with E-state index in [9.17, 15) is 0 Å². The molecule has 3 atom stereocenters. The van der Waals surface area contributed by atoms with Crippen molar-refractivity contribution in [3.63, 3.8) is 0 Å². The van der Waals surface area contributed by atoms with Gasteiger partial charge in [-0.05, 0) is 56.5 Å². The third-order valence-electron chi connectivity index (χ3n) is 5.80. The van der Waals surface area contributed by atoms with Gasteiger partial charge in [0, 0.05) is 18.6 Å². The molecule has 0 spiro atoms. The molecule has 3 unspecified atom stereocenters. The maximum atomic E-state index is 3.66. The van der Waals surface area contributed by atoms with E-state index >= 15 is 0 Å². The Labute approximate surface area is 114 Å². The van der Waals surface area contributed by atoms with Gasteiger partial charge in [-0.2, -0.15) is 0 Å². The van der Waals surface area contributed by atoms with Gasteiger partial charge in [0.15, 0.2) is 0 Å². The number of hydrogen-bond acceptors (Lipinski definition) is 2. The number of rotatable bonds is 5. The number of likely N-dealkylation sites (tertiary alicyclic amines) is 1.